The van der Waals surface area contributed by atoms with Crippen molar-refractivity contribution in [1.29, 1.82) is 0 Å². The summed E-state index contributed by atoms with van der Waals surface area (Å²) in [7, 11) is 1.30. The van der Waals surface area contributed by atoms with Crippen LogP contribution in [0.1, 0.15) is 16.7 Å². The molecule has 0 aliphatic heterocycles. The topological polar surface area (TPSA) is 46.6 Å². The standard InChI is InChI=1S/C20H20ClNO3/c1-15-8-9-16(12-18(15)21)10-11-19(23)22(14-20(24)25-2)13-17-6-4-3-5-7-17/h3-12H,13-14H2,1-2H3. The minimum atomic E-state index is -0.462. The number of carbonyl (C=O) groups is 2. The number of nitrogens with zero attached hydrogens (tertiary/aromatic N) is 1. The van der Waals surface area contributed by atoms with Crippen molar-refractivity contribution in [3.05, 3.63) is 76.3 Å². The number of rotatable bonds is 6. The Morgan fingerprint density at radius 2 is 1.88 bits per heavy atom. The van der Waals surface area contributed by atoms with E-state index in [1.54, 1.807) is 12.1 Å². The van der Waals surface area contributed by atoms with E-state index in [9.17, 15) is 9.59 Å². The third kappa shape index (κ3) is 5.76. The lowest BCUT2D eigenvalue weighted by Crippen LogP contribution is -2.34. The highest BCUT2D eigenvalue weighted by Crippen LogP contribution is 2.17. The van der Waals surface area contributed by atoms with Gasteiger partial charge in [-0.3, -0.25) is 9.59 Å². The van der Waals surface area contributed by atoms with E-state index in [4.69, 9.17) is 11.6 Å². The molecule has 0 aromatic heterocycles. The third-order valence-electron chi connectivity index (χ3n) is 3.69. The Bertz CT molecular complexity index is 772. The maximum Gasteiger partial charge on any atom is 0.325 e. The zero-order valence-corrected chi connectivity index (χ0v) is 15.0. The Morgan fingerprint density at radius 1 is 1.16 bits per heavy atom. The molecule has 0 aliphatic carbocycles. The quantitative estimate of drug-likeness (QED) is 0.582. The number of methoxy groups -OCH3 is 1. The summed E-state index contributed by atoms with van der Waals surface area (Å²) in [6, 6.07) is 15.1. The molecule has 0 bridgehead atoms. The first-order chi connectivity index (χ1) is 12.0. The van der Waals surface area contributed by atoms with Crippen molar-refractivity contribution in [1.82, 2.24) is 4.90 Å². The zero-order valence-electron chi connectivity index (χ0n) is 14.2. The van der Waals surface area contributed by atoms with E-state index in [0.717, 1.165) is 16.7 Å². The second-order valence-corrected chi connectivity index (χ2v) is 6.01. The Hall–Kier alpha value is -2.59. The number of benzene rings is 2. The smallest absolute Gasteiger partial charge is 0.325 e. The SMILES string of the molecule is COC(=O)CN(Cc1ccccc1)C(=O)C=Cc1ccc(C)c(Cl)c1. The molecule has 0 aliphatic rings. The van der Waals surface area contributed by atoms with Gasteiger partial charge in [0.05, 0.1) is 7.11 Å². The molecule has 0 radical (unpaired) electrons. The average molecular weight is 358 g/mol. The summed E-state index contributed by atoms with van der Waals surface area (Å²) in [6.07, 6.45) is 3.12. The zero-order chi connectivity index (χ0) is 18.2. The fourth-order valence-corrected chi connectivity index (χ4v) is 2.41. The van der Waals surface area contributed by atoms with Gasteiger partial charge in [0.1, 0.15) is 6.54 Å². The fraction of sp³-hybridized carbons (Fsp3) is 0.200. The molecular formula is C20H20ClNO3. The molecule has 5 heteroatoms. The second-order valence-electron chi connectivity index (χ2n) is 5.60. The first-order valence-corrected chi connectivity index (χ1v) is 8.21. The van der Waals surface area contributed by atoms with Crippen LogP contribution < -0.4 is 0 Å². The van der Waals surface area contributed by atoms with Gasteiger partial charge in [-0.05, 0) is 35.8 Å². The molecule has 2 aromatic carbocycles. The minimum Gasteiger partial charge on any atom is -0.468 e. The Balaban J connectivity index is 2.14. The second kappa shape index (κ2) is 9.04. The molecule has 0 heterocycles. The van der Waals surface area contributed by atoms with Crippen molar-refractivity contribution in [3.63, 3.8) is 0 Å². The lowest BCUT2D eigenvalue weighted by molar-refractivity contribution is -0.145. The molecule has 25 heavy (non-hydrogen) atoms. The summed E-state index contributed by atoms with van der Waals surface area (Å²) in [5, 5.41) is 0.644. The molecule has 1 amide bonds. The summed E-state index contributed by atoms with van der Waals surface area (Å²) < 4.78 is 4.69. The predicted molar refractivity (Wildman–Crippen MR) is 99.1 cm³/mol. The van der Waals surface area contributed by atoms with Crippen molar-refractivity contribution >= 4 is 29.6 Å². The maximum atomic E-state index is 12.5. The normalized spacial score (nSPS) is 10.7. The summed E-state index contributed by atoms with van der Waals surface area (Å²) in [5.74, 6) is -0.734. The summed E-state index contributed by atoms with van der Waals surface area (Å²) in [6.45, 7) is 2.13. The molecule has 2 rings (SSSR count). The highest BCUT2D eigenvalue weighted by Gasteiger charge is 2.16. The maximum absolute atomic E-state index is 12.5. The Morgan fingerprint density at radius 3 is 2.52 bits per heavy atom. The number of hydrogen-bond acceptors (Lipinski definition) is 3. The van der Waals surface area contributed by atoms with Gasteiger partial charge in [0.2, 0.25) is 5.91 Å². The average Bonchev–Trinajstić information content (AvgIpc) is 2.62. The van der Waals surface area contributed by atoms with Crippen LogP contribution in [0.5, 0.6) is 0 Å². The van der Waals surface area contributed by atoms with Gasteiger partial charge in [-0.2, -0.15) is 0 Å². The minimum absolute atomic E-state index is 0.108. The highest BCUT2D eigenvalue weighted by atomic mass is 35.5. The van der Waals surface area contributed by atoms with Crippen molar-refractivity contribution in [2.24, 2.45) is 0 Å². The van der Waals surface area contributed by atoms with Crippen LogP contribution in [0.2, 0.25) is 5.02 Å². The Labute approximate surface area is 152 Å². The van der Waals surface area contributed by atoms with E-state index < -0.39 is 5.97 Å². The highest BCUT2D eigenvalue weighted by molar-refractivity contribution is 6.31. The number of esters is 1. The monoisotopic (exact) mass is 357 g/mol. The summed E-state index contributed by atoms with van der Waals surface area (Å²) >= 11 is 6.10. The van der Waals surface area contributed by atoms with E-state index in [1.807, 2.05) is 49.4 Å². The molecule has 0 saturated carbocycles. The Kier molecular flexibility index (Phi) is 6.78. The fourth-order valence-electron chi connectivity index (χ4n) is 2.22. The number of halogens is 1. The van der Waals surface area contributed by atoms with Crippen LogP contribution in [-0.2, 0) is 20.9 Å². The lowest BCUT2D eigenvalue weighted by Gasteiger charge is -2.20. The van der Waals surface area contributed by atoms with E-state index in [0.29, 0.717) is 11.6 Å². The van der Waals surface area contributed by atoms with Crippen molar-refractivity contribution in [3.8, 4) is 0 Å². The molecule has 0 saturated heterocycles. The largest absolute Gasteiger partial charge is 0.468 e. The van der Waals surface area contributed by atoms with E-state index >= 15 is 0 Å². The number of aryl methyl sites for hydroxylation is 1. The van der Waals surface area contributed by atoms with Crippen molar-refractivity contribution in [2.45, 2.75) is 13.5 Å². The molecule has 0 spiro atoms. The van der Waals surface area contributed by atoms with Gasteiger partial charge >= 0.3 is 5.97 Å². The van der Waals surface area contributed by atoms with Crippen LogP contribution >= 0.6 is 11.6 Å². The van der Waals surface area contributed by atoms with Crippen LogP contribution in [0.3, 0.4) is 0 Å². The van der Waals surface area contributed by atoms with Crippen molar-refractivity contribution < 1.29 is 14.3 Å². The third-order valence-corrected chi connectivity index (χ3v) is 4.10. The lowest BCUT2D eigenvalue weighted by atomic mass is 10.1. The number of amides is 1. The van der Waals surface area contributed by atoms with Crippen LogP contribution in [0, 0.1) is 6.92 Å². The molecule has 0 atom stereocenters. The summed E-state index contributed by atoms with van der Waals surface area (Å²) in [5.41, 5.74) is 2.73. The van der Waals surface area contributed by atoms with Gasteiger partial charge in [0.25, 0.3) is 0 Å². The number of hydrogen-bond donors (Lipinski definition) is 0. The molecule has 2 aromatic rings. The molecule has 130 valence electrons. The molecular weight excluding hydrogens is 338 g/mol. The summed E-state index contributed by atoms with van der Waals surface area (Å²) in [4.78, 5) is 25.6. The van der Waals surface area contributed by atoms with Crippen LogP contribution in [0.25, 0.3) is 6.08 Å². The van der Waals surface area contributed by atoms with Gasteiger partial charge in [0, 0.05) is 17.6 Å². The van der Waals surface area contributed by atoms with E-state index in [1.165, 1.54) is 18.1 Å². The predicted octanol–water partition coefficient (Wildman–Crippen LogP) is 3.86. The van der Waals surface area contributed by atoms with Crippen molar-refractivity contribution in [2.75, 3.05) is 13.7 Å². The van der Waals surface area contributed by atoms with Gasteiger partial charge in [-0.25, -0.2) is 0 Å². The van der Waals surface area contributed by atoms with Crippen LogP contribution in [0.4, 0.5) is 0 Å². The van der Waals surface area contributed by atoms with Gasteiger partial charge in [0.15, 0.2) is 0 Å². The van der Waals surface area contributed by atoms with Gasteiger partial charge in [-0.15, -0.1) is 0 Å². The van der Waals surface area contributed by atoms with Crippen LogP contribution in [0.15, 0.2) is 54.6 Å². The molecule has 0 N–H and O–H groups in total. The first-order valence-electron chi connectivity index (χ1n) is 7.83. The van der Waals surface area contributed by atoms with Crippen LogP contribution in [-0.4, -0.2) is 30.4 Å². The first kappa shape index (κ1) is 18.7. The number of ether oxygens (including phenoxy) is 1. The molecule has 0 unspecified atom stereocenters. The number of carbonyl (C=O) groups excluding carboxylic acids is 2. The van der Waals surface area contributed by atoms with E-state index in [2.05, 4.69) is 4.74 Å². The van der Waals surface area contributed by atoms with Gasteiger partial charge < -0.3 is 9.64 Å². The van der Waals surface area contributed by atoms with Gasteiger partial charge in [-0.1, -0.05) is 54.1 Å². The van der Waals surface area contributed by atoms with E-state index in [-0.39, 0.29) is 12.5 Å². The molecule has 4 nitrogen and oxygen atoms in total. The molecule has 0 fully saturated rings.